The molecule has 0 aliphatic heterocycles. The highest BCUT2D eigenvalue weighted by molar-refractivity contribution is 6.30. The molecule has 0 radical (unpaired) electrons. The third-order valence-corrected chi connectivity index (χ3v) is 4.02. The van der Waals surface area contributed by atoms with E-state index >= 15 is 0 Å². The highest BCUT2D eigenvalue weighted by atomic mass is 35.5. The zero-order chi connectivity index (χ0) is 18.1. The number of nitro groups is 1. The van der Waals surface area contributed by atoms with Gasteiger partial charge in [0, 0.05) is 10.7 Å². The van der Waals surface area contributed by atoms with Gasteiger partial charge in [0.1, 0.15) is 11.3 Å². The standard InChI is InChI=1S/C18H11ClN4O3/c19-12-1-4-14(5-2-12)22-11-21-16-9-13(3-7-17(16)22)20-10-15-6-8-18(26-15)23(24)25/h1-11H. The molecule has 0 N–H and O–H groups in total. The maximum atomic E-state index is 10.6. The maximum Gasteiger partial charge on any atom is 0.433 e. The van der Waals surface area contributed by atoms with Gasteiger partial charge in [-0.25, -0.2) is 4.98 Å². The van der Waals surface area contributed by atoms with Crippen LogP contribution in [0.3, 0.4) is 0 Å². The number of fused-ring (bicyclic) bond motifs is 1. The molecule has 8 heteroatoms. The summed E-state index contributed by atoms with van der Waals surface area (Å²) in [4.78, 5) is 18.7. The number of nitrogens with zero attached hydrogens (tertiary/aromatic N) is 4. The number of imidazole rings is 1. The quantitative estimate of drug-likeness (QED) is 0.291. The second kappa shape index (κ2) is 6.45. The summed E-state index contributed by atoms with van der Waals surface area (Å²) in [5.41, 5.74) is 3.33. The first-order valence-corrected chi connectivity index (χ1v) is 7.99. The van der Waals surface area contributed by atoms with Crippen molar-refractivity contribution in [3.8, 4) is 5.69 Å². The largest absolute Gasteiger partial charge is 0.433 e. The number of aliphatic imine (C=N–C) groups is 1. The number of furan rings is 1. The lowest BCUT2D eigenvalue weighted by atomic mass is 10.2. The summed E-state index contributed by atoms with van der Waals surface area (Å²) in [5, 5.41) is 11.3. The second-order valence-electron chi connectivity index (χ2n) is 5.46. The average Bonchev–Trinajstić information content (AvgIpc) is 3.27. The van der Waals surface area contributed by atoms with Crippen molar-refractivity contribution in [2.75, 3.05) is 0 Å². The number of aromatic nitrogens is 2. The molecule has 7 nitrogen and oxygen atoms in total. The molecule has 2 aromatic carbocycles. The molecule has 0 aliphatic rings. The van der Waals surface area contributed by atoms with Gasteiger partial charge in [-0.2, -0.15) is 0 Å². The normalized spacial score (nSPS) is 11.4. The summed E-state index contributed by atoms with van der Waals surface area (Å²) in [5.74, 6) is -0.00731. The molecule has 0 bridgehead atoms. The van der Waals surface area contributed by atoms with E-state index in [0.29, 0.717) is 16.5 Å². The molecule has 4 aromatic rings. The van der Waals surface area contributed by atoms with E-state index in [1.54, 1.807) is 6.33 Å². The molecule has 2 heterocycles. The number of benzene rings is 2. The molecule has 2 aromatic heterocycles. The van der Waals surface area contributed by atoms with Crippen molar-refractivity contribution < 1.29 is 9.34 Å². The molecule has 0 unspecified atom stereocenters. The van der Waals surface area contributed by atoms with E-state index < -0.39 is 4.92 Å². The SMILES string of the molecule is O=[N+]([O-])c1ccc(C=Nc2ccc3c(c2)ncn3-c2ccc(Cl)cc2)o1. The van der Waals surface area contributed by atoms with Crippen molar-refractivity contribution in [1.29, 1.82) is 0 Å². The summed E-state index contributed by atoms with van der Waals surface area (Å²) < 4.78 is 7.00. The van der Waals surface area contributed by atoms with Gasteiger partial charge in [0.25, 0.3) is 0 Å². The first kappa shape index (κ1) is 16.0. The Morgan fingerprint density at radius 2 is 1.96 bits per heavy atom. The van der Waals surface area contributed by atoms with Crippen molar-refractivity contribution >= 4 is 40.4 Å². The van der Waals surface area contributed by atoms with Gasteiger partial charge in [0.15, 0.2) is 5.76 Å². The van der Waals surface area contributed by atoms with E-state index in [1.807, 2.05) is 47.0 Å². The lowest BCUT2D eigenvalue weighted by Crippen LogP contribution is -1.90. The van der Waals surface area contributed by atoms with Gasteiger partial charge in [-0.1, -0.05) is 11.6 Å². The van der Waals surface area contributed by atoms with Gasteiger partial charge >= 0.3 is 5.88 Å². The Morgan fingerprint density at radius 1 is 1.15 bits per heavy atom. The third kappa shape index (κ3) is 3.07. The van der Waals surface area contributed by atoms with Crippen LogP contribution in [-0.4, -0.2) is 20.7 Å². The molecule has 4 rings (SSSR count). The van der Waals surface area contributed by atoms with Gasteiger partial charge < -0.3 is 4.42 Å². The van der Waals surface area contributed by atoms with Crippen LogP contribution in [0.1, 0.15) is 5.76 Å². The highest BCUT2D eigenvalue weighted by Crippen LogP contribution is 2.24. The molecular weight excluding hydrogens is 356 g/mol. The van der Waals surface area contributed by atoms with Gasteiger partial charge in [-0.15, -0.1) is 0 Å². The van der Waals surface area contributed by atoms with Crippen molar-refractivity contribution in [3.05, 3.63) is 81.8 Å². The Labute approximate surface area is 152 Å². The third-order valence-electron chi connectivity index (χ3n) is 3.77. The van der Waals surface area contributed by atoms with Crippen LogP contribution in [0.2, 0.25) is 5.02 Å². The fourth-order valence-electron chi connectivity index (χ4n) is 2.54. The molecule has 0 atom stereocenters. The van der Waals surface area contributed by atoms with E-state index in [1.165, 1.54) is 18.3 Å². The zero-order valence-corrected chi connectivity index (χ0v) is 14.0. The van der Waals surface area contributed by atoms with Gasteiger partial charge in [-0.3, -0.25) is 19.7 Å². The topological polar surface area (TPSA) is 86.5 Å². The molecule has 0 aliphatic carbocycles. The summed E-state index contributed by atoms with van der Waals surface area (Å²) in [6.45, 7) is 0. The van der Waals surface area contributed by atoms with Crippen LogP contribution in [-0.2, 0) is 0 Å². The van der Waals surface area contributed by atoms with Crippen molar-refractivity contribution in [2.24, 2.45) is 4.99 Å². The Bertz CT molecular complexity index is 1130. The fourth-order valence-corrected chi connectivity index (χ4v) is 2.66. The predicted octanol–water partition coefficient (Wildman–Crippen LogP) is 4.93. The lowest BCUT2D eigenvalue weighted by Gasteiger charge is -2.04. The van der Waals surface area contributed by atoms with E-state index in [0.717, 1.165) is 16.7 Å². The highest BCUT2D eigenvalue weighted by Gasteiger charge is 2.10. The maximum absolute atomic E-state index is 10.6. The number of hydrogen-bond acceptors (Lipinski definition) is 5. The minimum atomic E-state index is -0.590. The van der Waals surface area contributed by atoms with E-state index in [9.17, 15) is 10.1 Å². The Balaban J connectivity index is 1.63. The molecule has 128 valence electrons. The van der Waals surface area contributed by atoms with Crippen LogP contribution >= 0.6 is 11.6 Å². The van der Waals surface area contributed by atoms with Crippen LogP contribution in [0, 0.1) is 10.1 Å². The number of hydrogen-bond donors (Lipinski definition) is 0. The van der Waals surface area contributed by atoms with Gasteiger partial charge in [0.2, 0.25) is 0 Å². The van der Waals surface area contributed by atoms with E-state index in [2.05, 4.69) is 9.98 Å². The van der Waals surface area contributed by atoms with Crippen LogP contribution < -0.4 is 0 Å². The molecule has 0 spiro atoms. The van der Waals surface area contributed by atoms with Crippen molar-refractivity contribution in [3.63, 3.8) is 0 Å². The Hall–Kier alpha value is -3.45. The first-order chi connectivity index (χ1) is 12.6. The molecule has 0 fully saturated rings. The number of halogens is 1. The molecule has 26 heavy (non-hydrogen) atoms. The van der Waals surface area contributed by atoms with Gasteiger partial charge in [-0.05, 0) is 48.5 Å². The Morgan fingerprint density at radius 3 is 2.69 bits per heavy atom. The Kier molecular flexibility index (Phi) is 3.98. The van der Waals surface area contributed by atoms with Crippen LogP contribution in [0.25, 0.3) is 16.7 Å². The monoisotopic (exact) mass is 366 g/mol. The summed E-state index contributed by atoms with van der Waals surface area (Å²) in [6.07, 6.45) is 3.17. The second-order valence-corrected chi connectivity index (χ2v) is 5.89. The van der Waals surface area contributed by atoms with Crippen LogP contribution in [0.5, 0.6) is 0 Å². The molecular formula is C18H11ClN4O3. The summed E-state index contributed by atoms with van der Waals surface area (Å²) in [7, 11) is 0. The van der Waals surface area contributed by atoms with Crippen LogP contribution in [0.4, 0.5) is 11.6 Å². The summed E-state index contributed by atoms with van der Waals surface area (Å²) in [6, 6.07) is 15.8. The van der Waals surface area contributed by atoms with Crippen molar-refractivity contribution in [1.82, 2.24) is 9.55 Å². The van der Waals surface area contributed by atoms with Crippen molar-refractivity contribution in [2.45, 2.75) is 0 Å². The number of rotatable bonds is 4. The fraction of sp³-hybridized carbons (Fsp3) is 0. The zero-order valence-electron chi connectivity index (χ0n) is 13.2. The minimum Gasteiger partial charge on any atom is -0.400 e. The smallest absolute Gasteiger partial charge is 0.400 e. The minimum absolute atomic E-state index is 0.309. The predicted molar refractivity (Wildman–Crippen MR) is 98.7 cm³/mol. The van der Waals surface area contributed by atoms with Crippen LogP contribution in [0.15, 0.2) is 70.3 Å². The average molecular weight is 367 g/mol. The lowest BCUT2D eigenvalue weighted by molar-refractivity contribution is -0.402. The van der Waals surface area contributed by atoms with E-state index in [-0.39, 0.29) is 5.88 Å². The van der Waals surface area contributed by atoms with E-state index in [4.69, 9.17) is 16.0 Å². The first-order valence-electron chi connectivity index (χ1n) is 7.61. The molecule has 0 amide bonds. The molecule has 0 saturated heterocycles. The molecule has 0 saturated carbocycles. The summed E-state index contributed by atoms with van der Waals surface area (Å²) >= 11 is 5.93. The van der Waals surface area contributed by atoms with Gasteiger partial charge in [0.05, 0.1) is 29.0 Å².